The zero-order valence-corrected chi connectivity index (χ0v) is 10.6. The molecule has 0 atom stereocenters. The molecule has 0 saturated heterocycles. The Bertz CT molecular complexity index is 653. The predicted octanol–water partition coefficient (Wildman–Crippen LogP) is 2.80. The fraction of sp³-hybridized carbons (Fsp3) is 0.0909. The molecule has 19 heavy (non-hydrogen) atoms. The van der Waals surface area contributed by atoms with Gasteiger partial charge in [0.2, 0.25) is 0 Å². The number of aromatic carboxylic acids is 1. The number of nitrogens with one attached hydrogen (secondary N) is 1. The number of hydrogen-bond acceptors (Lipinski definition) is 6. The number of aromatic nitrogens is 1. The van der Waals surface area contributed by atoms with Crippen LogP contribution in [0.5, 0.6) is 0 Å². The van der Waals surface area contributed by atoms with Crippen LogP contribution in [0.3, 0.4) is 0 Å². The second-order valence-electron chi connectivity index (χ2n) is 3.69. The van der Waals surface area contributed by atoms with E-state index >= 15 is 0 Å². The van der Waals surface area contributed by atoms with Crippen molar-refractivity contribution in [2.24, 2.45) is 0 Å². The molecule has 0 unspecified atom stereocenters. The van der Waals surface area contributed by atoms with E-state index < -0.39 is 10.9 Å². The van der Waals surface area contributed by atoms with Crippen LogP contribution in [-0.2, 0) is 0 Å². The molecule has 2 N–H and O–H groups in total. The standard InChI is InChI=1S/C11H9N3O4S/c1-6-5-12-11(19-6)13-9-4-7(14(17)18)2-3-8(9)10(15)16/h2-5H,1H3,(H,12,13)(H,15,16). The summed E-state index contributed by atoms with van der Waals surface area (Å²) >= 11 is 1.33. The van der Waals surface area contributed by atoms with E-state index in [0.717, 1.165) is 10.9 Å². The molecule has 1 aromatic heterocycles. The number of non-ortho nitro benzene ring substituents is 1. The number of nitrogens with zero attached hydrogens (tertiary/aromatic N) is 2. The van der Waals surface area contributed by atoms with Gasteiger partial charge in [-0.3, -0.25) is 10.1 Å². The van der Waals surface area contributed by atoms with Crippen LogP contribution in [0, 0.1) is 17.0 Å². The summed E-state index contributed by atoms with van der Waals surface area (Å²) in [6, 6.07) is 3.53. The van der Waals surface area contributed by atoms with E-state index in [0.29, 0.717) is 5.13 Å². The van der Waals surface area contributed by atoms with E-state index in [4.69, 9.17) is 5.11 Å². The lowest BCUT2D eigenvalue weighted by Crippen LogP contribution is -2.03. The van der Waals surface area contributed by atoms with Gasteiger partial charge < -0.3 is 10.4 Å². The molecule has 0 radical (unpaired) electrons. The first kappa shape index (κ1) is 13.0. The van der Waals surface area contributed by atoms with Gasteiger partial charge in [-0.05, 0) is 13.0 Å². The van der Waals surface area contributed by atoms with Crippen molar-refractivity contribution in [3.05, 3.63) is 45.0 Å². The fourth-order valence-electron chi connectivity index (χ4n) is 1.46. The molecule has 0 saturated carbocycles. The molecule has 98 valence electrons. The highest BCUT2D eigenvalue weighted by Crippen LogP contribution is 2.28. The molecule has 0 aliphatic carbocycles. The first-order valence-electron chi connectivity index (χ1n) is 5.18. The Morgan fingerprint density at radius 1 is 1.53 bits per heavy atom. The molecule has 1 heterocycles. The molecule has 0 spiro atoms. The highest BCUT2D eigenvalue weighted by molar-refractivity contribution is 7.15. The summed E-state index contributed by atoms with van der Waals surface area (Å²) in [6.45, 7) is 1.86. The molecule has 1 aromatic carbocycles. The molecule has 0 bridgehead atoms. The number of nitro benzene ring substituents is 1. The van der Waals surface area contributed by atoms with Crippen LogP contribution < -0.4 is 5.32 Å². The Kier molecular flexibility index (Phi) is 3.43. The Morgan fingerprint density at radius 2 is 2.26 bits per heavy atom. The van der Waals surface area contributed by atoms with E-state index in [1.807, 2.05) is 6.92 Å². The maximum absolute atomic E-state index is 11.1. The minimum atomic E-state index is -1.16. The second-order valence-corrected chi connectivity index (χ2v) is 4.93. The average Bonchev–Trinajstić information content (AvgIpc) is 2.74. The molecular formula is C11H9N3O4S. The van der Waals surface area contributed by atoms with Crippen molar-refractivity contribution in [3.8, 4) is 0 Å². The van der Waals surface area contributed by atoms with Crippen LogP contribution in [0.1, 0.15) is 15.2 Å². The second kappa shape index (κ2) is 5.02. The Morgan fingerprint density at radius 3 is 2.79 bits per heavy atom. The van der Waals surface area contributed by atoms with Crippen LogP contribution in [0.15, 0.2) is 24.4 Å². The van der Waals surface area contributed by atoms with Crippen LogP contribution in [0.4, 0.5) is 16.5 Å². The van der Waals surface area contributed by atoms with Crippen LogP contribution in [0.2, 0.25) is 0 Å². The largest absolute Gasteiger partial charge is 0.478 e. The third-order valence-corrected chi connectivity index (χ3v) is 3.14. The summed E-state index contributed by atoms with van der Waals surface area (Å²) in [6.07, 6.45) is 1.63. The molecular weight excluding hydrogens is 270 g/mol. The average molecular weight is 279 g/mol. The van der Waals surface area contributed by atoms with Gasteiger partial charge in [-0.25, -0.2) is 9.78 Å². The summed E-state index contributed by atoms with van der Waals surface area (Å²) < 4.78 is 0. The maximum Gasteiger partial charge on any atom is 0.337 e. The van der Waals surface area contributed by atoms with Gasteiger partial charge >= 0.3 is 5.97 Å². The van der Waals surface area contributed by atoms with Gasteiger partial charge in [0.05, 0.1) is 16.2 Å². The highest BCUT2D eigenvalue weighted by Gasteiger charge is 2.16. The third kappa shape index (κ3) is 2.86. The van der Waals surface area contributed by atoms with Gasteiger partial charge in [0, 0.05) is 23.2 Å². The molecule has 0 fully saturated rings. The van der Waals surface area contributed by atoms with Crippen molar-refractivity contribution < 1.29 is 14.8 Å². The highest BCUT2D eigenvalue weighted by atomic mass is 32.1. The van der Waals surface area contributed by atoms with E-state index in [9.17, 15) is 14.9 Å². The maximum atomic E-state index is 11.1. The minimum absolute atomic E-state index is 0.0431. The van der Waals surface area contributed by atoms with Gasteiger partial charge in [0.15, 0.2) is 5.13 Å². The Hall–Kier alpha value is -2.48. The number of carboxylic acids is 1. The van der Waals surface area contributed by atoms with Gasteiger partial charge in [-0.1, -0.05) is 0 Å². The predicted molar refractivity (Wildman–Crippen MR) is 70.2 cm³/mol. The Labute approximate surface area is 111 Å². The zero-order chi connectivity index (χ0) is 14.0. The lowest BCUT2D eigenvalue weighted by atomic mass is 10.1. The lowest BCUT2D eigenvalue weighted by Gasteiger charge is -2.06. The van der Waals surface area contributed by atoms with E-state index in [2.05, 4.69) is 10.3 Å². The zero-order valence-electron chi connectivity index (χ0n) is 9.78. The number of thiazole rings is 1. The molecule has 2 rings (SSSR count). The van der Waals surface area contributed by atoms with Crippen LogP contribution >= 0.6 is 11.3 Å². The Balaban J connectivity index is 2.42. The van der Waals surface area contributed by atoms with Crippen LogP contribution in [-0.4, -0.2) is 21.0 Å². The quantitative estimate of drug-likeness (QED) is 0.658. The number of hydrogen-bond donors (Lipinski definition) is 2. The van der Waals surface area contributed by atoms with Gasteiger partial charge in [-0.2, -0.15) is 0 Å². The number of carbonyl (C=O) groups is 1. The summed E-state index contributed by atoms with van der Waals surface area (Å²) in [7, 11) is 0. The van der Waals surface area contributed by atoms with Crippen molar-refractivity contribution in [1.29, 1.82) is 0 Å². The van der Waals surface area contributed by atoms with Gasteiger partial charge in [0.1, 0.15) is 0 Å². The van der Waals surface area contributed by atoms with E-state index in [-0.39, 0.29) is 16.9 Å². The topological polar surface area (TPSA) is 105 Å². The lowest BCUT2D eigenvalue weighted by molar-refractivity contribution is -0.384. The third-order valence-electron chi connectivity index (χ3n) is 2.31. The van der Waals surface area contributed by atoms with Gasteiger partial charge in [-0.15, -0.1) is 11.3 Å². The number of rotatable bonds is 4. The SMILES string of the molecule is Cc1cnc(Nc2cc([N+](=O)[O-])ccc2C(=O)O)s1. The summed E-state index contributed by atoms with van der Waals surface area (Å²) in [5.74, 6) is -1.16. The normalized spacial score (nSPS) is 10.2. The first-order chi connectivity index (χ1) is 8.97. The molecule has 7 nitrogen and oxygen atoms in total. The smallest absolute Gasteiger partial charge is 0.337 e. The molecule has 0 amide bonds. The number of benzene rings is 1. The molecule has 8 heteroatoms. The summed E-state index contributed by atoms with van der Waals surface area (Å²) in [5, 5.41) is 23.0. The first-order valence-corrected chi connectivity index (χ1v) is 6.00. The van der Waals surface area contributed by atoms with Crippen LogP contribution in [0.25, 0.3) is 0 Å². The molecule has 0 aliphatic heterocycles. The summed E-state index contributed by atoms with van der Waals surface area (Å²) in [4.78, 5) is 26.2. The number of anilines is 2. The molecule has 2 aromatic rings. The van der Waals surface area contributed by atoms with Crippen molar-refractivity contribution in [1.82, 2.24) is 4.98 Å². The fourth-order valence-corrected chi connectivity index (χ4v) is 2.14. The van der Waals surface area contributed by atoms with Gasteiger partial charge in [0.25, 0.3) is 5.69 Å². The number of carboxylic acid groups (broad SMARTS) is 1. The van der Waals surface area contributed by atoms with Crippen molar-refractivity contribution in [3.63, 3.8) is 0 Å². The van der Waals surface area contributed by atoms with Crippen molar-refractivity contribution >= 4 is 33.8 Å². The monoisotopic (exact) mass is 279 g/mol. The van der Waals surface area contributed by atoms with E-state index in [1.165, 1.54) is 23.5 Å². The van der Waals surface area contributed by atoms with Crippen molar-refractivity contribution in [2.45, 2.75) is 6.92 Å². The number of aryl methyl sites for hydroxylation is 1. The minimum Gasteiger partial charge on any atom is -0.478 e. The summed E-state index contributed by atoms with van der Waals surface area (Å²) in [5.41, 5.74) is -0.0738. The van der Waals surface area contributed by atoms with E-state index in [1.54, 1.807) is 6.20 Å². The number of nitro groups is 1. The van der Waals surface area contributed by atoms with Crippen molar-refractivity contribution in [2.75, 3.05) is 5.32 Å². The molecule has 0 aliphatic rings.